The van der Waals surface area contributed by atoms with E-state index >= 15 is 0 Å². The second-order valence-electron chi connectivity index (χ2n) is 4.07. The molecular weight excluding hydrogens is 188 g/mol. The van der Waals surface area contributed by atoms with Gasteiger partial charge in [0.1, 0.15) is 5.84 Å². The van der Waals surface area contributed by atoms with E-state index in [2.05, 4.69) is 29.4 Å². The second-order valence-corrected chi connectivity index (χ2v) is 4.07. The Morgan fingerprint density at radius 2 is 1.73 bits per heavy atom. The van der Waals surface area contributed by atoms with E-state index < -0.39 is 0 Å². The largest absolute Gasteiger partial charge is 0.409 e. The molecule has 80 valence electrons. The Bertz CT molecular complexity index is 347. The first-order chi connectivity index (χ1) is 7.31. The van der Waals surface area contributed by atoms with E-state index in [9.17, 15) is 0 Å². The third-order valence-electron chi connectivity index (χ3n) is 3.18. The van der Waals surface area contributed by atoms with Crippen molar-refractivity contribution in [2.75, 3.05) is 0 Å². The number of aryl methyl sites for hydroxylation is 2. The molecule has 0 unspecified atom stereocenters. The number of hydrogen-bond acceptors (Lipinski definition) is 2. The average molecular weight is 204 g/mol. The van der Waals surface area contributed by atoms with E-state index in [1.54, 1.807) is 0 Å². The van der Waals surface area contributed by atoms with Crippen molar-refractivity contribution in [1.82, 2.24) is 0 Å². The molecule has 2 rings (SSSR count). The molecule has 0 atom stereocenters. The molecule has 1 aromatic carbocycles. The minimum atomic E-state index is 0.224. The predicted octanol–water partition coefficient (Wildman–Crippen LogP) is 1.93. The number of benzene rings is 1. The molecule has 3 N–H and O–H groups in total. The molecule has 1 aliphatic rings. The lowest BCUT2D eigenvalue weighted by Crippen LogP contribution is -2.23. The van der Waals surface area contributed by atoms with Crippen LogP contribution < -0.4 is 5.73 Å². The maximum absolute atomic E-state index is 8.66. The first kappa shape index (κ1) is 10.0. The van der Waals surface area contributed by atoms with E-state index in [4.69, 9.17) is 10.9 Å². The van der Waals surface area contributed by atoms with Crippen LogP contribution in [0.1, 0.15) is 24.0 Å². The molecule has 0 radical (unpaired) electrons. The highest BCUT2D eigenvalue weighted by atomic mass is 16.4. The Labute approximate surface area is 89.6 Å². The number of nitrogens with two attached hydrogens (primary N) is 1. The van der Waals surface area contributed by atoms with Gasteiger partial charge in [0.05, 0.1) is 0 Å². The van der Waals surface area contributed by atoms with Gasteiger partial charge in [-0.1, -0.05) is 29.4 Å². The third-order valence-corrected chi connectivity index (χ3v) is 3.18. The van der Waals surface area contributed by atoms with Crippen LogP contribution in [-0.2, 0) is 12.8 Å². The van der Waals surface area contributed by atoms with E-state index in [-0.39, 0.29) is 5.92 Å². The molecule has 3 nitrogen and oxygen atoms in total. The monoisotopic (exact) mass is 204 g/mol. The quantitative estimate of drug-likeness (QED) is 0.241. The summed E-state index contributed by atoms with van der Waals surface area (Å²) < 4.78 is 0. The summed E-state index contributed by atoms with van der Waals surface area (Å²) >= 11 is 0. The Balaban J connectivity index is 2.15. The summed E-state index contributed by atoms with van der Waals surface area (Å²) in [5, 5.41) is 11.8. The van der Waals surface area contributed by atoms with Gasteiger partial charge in [-0.05, 0) is 36.8 Å². The van der Waals surface area contributed by atoms with Gasteiger partial charge in [0, 0.05) is 5.92 Å². The lowest BCUT2D eigenvalue weighted by molar-refractivity contribution is 0.312. The fourth-order valence-electron chi connectivity index (χ4n) is 2.23. The maximum atomic E-state index is 8.66. The van der Waals surface area contributed by atoms with Crippen molar-refractivity contribution in [3.63, 3.8) is 0 Å². The lowest BCUT2D eigenvalue weighted by Gasteiger charge is -2.10. The molecule has 15 heavy (non-hydrogen) atoms. The number of rotatable bonds is 1. The summed E-state index contributed by atoms with van der Waals surface area (Å²) in [4.78, 5) is 0. The molecule has 0 saturated carbocycles. The molecule has 0 spiro atoms. The van der Waals surface area contributed by atoms with Gasteiger partial charge in [-0.25, -0.2) is 0 Å². The van der Waals surface area contributed by atoms with Crippen molar-refractivity contribution >= 4 is 5.84 Å². The summed E-state index contributed by atoms with van der Waals surface area (Å²) in [6, 6.07) is 8.49. The van der Waals surface area contributed by atoms with Crippen LogP contribution in [0.15, 0.2) is 29.4 Å². The minimum Gasteiger partial charge on any atom is -0.409 e. The predicted molar refractivity (Wildman–Crippen MR) is 60.0 cm³/mol. The van der Waals surface area contributed by atoms with Crippen molar-refractivity contribution in [3.8, 4) is 0 Å². The number of nitrogens with zero attached hydrogens (tertiary/aromatic N) is 1. The normalized spacial score (nSPS) is 18.3. The van der Waals surface area contributed by atoms with Crippen LogP contribution in [-0.4, -0.2) is 11.0 Å². The first-order valence-corrected chi connectivity index (χ1v) is 5.35. The molecule has 0 fully saturated rings. The Kier molecular flexibility index (Phi) is 2.90. The van der Waals surface area contributed by atoms with Gasteiger partial charge in [0.2, 0.25) is 0 Å². The smallest absolute Gasteiger partial charge is 0.142 e. The number of fused-ring (bicyclic) bond motifs is 1. The van der Waals surface area contributed by atoms with Crippen LogP contribution in [0.5, 0.6) is 0 Å². The molecule has 3 heteroatoms. The van der Waals surface area contributed by atoms with Crippen LogP contribution in [0, 0.1) is 5.92 Å². The van der Waals surface area contributed by atoms with E-state index in [1.165, 1.54) is 11.1 Å². The van der Waals surface area contributed by atoms with E-state index in [0.29, 0.717) is 5.84 Å². The van der Waals surface area contributed by atoms with Crippen molar-refractivity contribution in [3.05, 3.63) is 35.4 Å². The topological polar surface area (TPSA) is 58.6 Å². The summed E-state index contributed by atoms with van der Waals surface area (Å²) in [6.45, 7) is 0. The highest BCUT2D eigenvalue weighted by Gasteiger charge is 2.18. The molecule has 0 aliphatic heterocycles. The molecule has 1 aromatic rings. The van der Waals surface area contributed by atoms with Crippen LogP contribution >= 0.6 is 0 Å². The fraction of sp³-hybridized carbons (Fsp3) is 0.417. The second kappa shape index (κ2) is 4.34. The summed E-state index contributed by atoms with van der Waals surface area (Å²) in [5.41, 5.74) is 8.47. The van der Waals surface area contributed by atoms with Gasteiger partial charge in [-0.3, -0.25) is 0 Å². The summed E-state index contributed by atoms with van der Waals surface area (Å²) in [5.74, 6) is 0.602. The molecule has 0 heterocycles. The maximum Gasteiger partial charge on any atom is 0.142 e. The van der Waals surface area contributed by atoms with Crippen LogP contribution in [0.25, 0.3) is 0 Å². The molecule has 0 amide bonds. The molecule has 1 aliphatic carbocycles. The number of oxime groups is 1. The van der Waals surface area contributed by atoms with E-state index in [0.717, 1.165) is 25.7 Å². The highest BCUT2D eigenvalue weighted by Crippen LogP contribution is 2.24. The van der Waals surface area contributed by atoms with Crippen molar-refractivity contribution in [1.29, 1.82) is 0 Å². The lowest BCUT2D eigenvalue weighted by atomic mass is 9.99. The molecule has 0 bridgehead atoms. The Hall–Kier alpha value is -1.51. The molecule has 0 saturated heterocycles. The van der Waals surface area contributed by atoms with Crippen molar-refractivity contribution in [2.45, 2.75) is 25.7 Å². The molecular formula is C12H16N2O. The standard InChI is InChI=1S/C12H16N2O/c13-12(14-15)11-7-5-9-3-1-2-4-10(9)6-8-11/h1-4,11,15H,5-8H2,(H2,13,14). The first-order valence-electron chi connectivity index (χ1n) is 5.35. The van der Waals surface area contributed by atoms with Gasteiger partial charge in [0.25, 0.3) is 0 Å². The Morgan fingerprint density at radius 3 is 2.20 bits per heavy atom. The third kappa shape index (κ3) is 2.12. The fourth-order valence-corrected chi connectivity index (χ4v) is 2.23. The van der Waals surface area contributed by atoms with Gasteiger partial charge in [0.15, 0.2) is 0 Å². The average Bonchev–Trinajstić information content (AvgIpc) is 2.50. The van der Waals surface area contributed by atoms with Crippen LogP contribution in [0.2, 0.25) is 0 Å². The summed E-state index contributed by atoms with van der Waals surface area (Å²) in [6.07, 6.45) is 4.01. The minimum absolute atomic E-state index is 0.224. The zero-order valence-electron chi connectivity index (χ0n) is 8.69. The van der Waals surface area contributed by atoms with Gasteiger partial charge >= 0.3 is 0 Å². The van der Waals surface area contributed by atoms with Gasteiger partial charge < -0.3 is 10.9 Å². The number of amidine groups is 1. The SMILES string of the molecule is N/C(=N\O)C1CCc2ccccc2CC1. The zero-order valence-corrected chi connectivity index (χ0v) is 8.69. The van der Waals surface area contributed by atoms with Crippen molar-refractivity contribution < 1.29 is 5.21 Å². The van der Waals surface area contributed by atoms with E-state index in [1.807, 2.05) is 0 Å². The summed E-state index contributed by atoms with van der Waals surface area (Å²) in [7, 11) is 0. The van der Waals surface area contributed by atoms with Crippen LogP contribution in [0.3, 0.4) is 0 Å². The van der Waals surface area contributed by atoms with Gasteiger partial charge in [-0.2, -0.15) is 0 Å². The Morgan fingerprint density at radius 1 is 1.20 bits per heavy atom. The van der Waals surface area contributed by atoms with Gasteiger partial charge in [-0.15, -0.1) is 0 Å². The molecule has 0 aromatic heterocycles. The highest BCUT2D eigenvalue weighted by molar-refractivity contribution is 5.82. The van der Waals surface area contributed by atoms with Crippen LogP contribution in [0.4, 0.5) is 0 Å². The zero-order chi connectivity index (χ0) is 10.7. The number of hydrogen-bond donors (Lipinski definition) is 2. The van der Waals surface area contributed by atoms with Crippen molar-refractivity contribution in [2.24, 2.45) is 16.8 Å².